The normalized spacial score (nSPS) is 14.9. The summed E-state index contributed by atoms with van der Waals surface area (Å²) < 4.78 is 12.2. The van der Waals surface area contributed by atoms with Crippen molar-refractivity contribution >= 4 is 21.8 Å². The number of aryl methyl sites for hydroxylation is 1. The standard InChI is InChI=1S/C27H33BrN4O3/c1-19(2)34-24-10-3-6-20(16-24)7-5-13-29-27(33)21-11-14-32(15-12-21)18-25-30-26(31-35-25)22-8-4-9-23(28)17-22/h3-4,6,8-10,16-17,19,21H,5,7,11-15,18H2,1-2H3,(H,29,33). The first-order chi connectivity index (χ1) is 17.0. The number of benzene rings is 2. The summed E-state index contributed by atoms with van der Waals surface area (Å²) in [6.45, 7) is 7.03. The van der Waals surface area contributed by atoms with Crippen LogP contribution in [-0.4, -0.2) is 46.7 Å². The molecule has 0 aliphatic carbocycles. The van der Waals surface area contributed by atoms with Crippen LogP contribution in [-0.2, 0) is 17.8 Å². The zero-order valence-electron chi connectivity index (χ0n) is 20.4. The first-order valence-corrected chi connectivity index (χ1v) is 13.1. The van der Waals surface area contributed by atoms with Gasteiger partial charge in [-0.3, -0.25) is 9.69 Å². The monoisotopic (exact) mass is 540 g/mol. The number of nitrogens with one attached hydrogen (secondary N) is 1. The summed E-state index contributed by atoms with van der Waals surface area (Å²) in [5.41, 5.74) is 2.15. The minimum absolute atomic E-state index is 0.0638. The lowest BCUT2D eigenvalue weighted by atomic mass is 9.96. The highest BCUT2D eigenvalue weighted by molar-refractivity contribution is 9.10. The Morgan fingerprint density at radius 1 is 1.20 bits per heavy atom. The van der Waals surface area contributed by atoms with Crippen molar-refractivity contribution in [3.8, 4) is 17.1 Å². The molecule has 1 aliphatic heterocycles. The Morgan fingerprint density at radius 2 is 2.00 bits per heavy atom. The van der Waals surface area contributed by atoms with Crippen LogP contribution in [0.15, 0.2) is 57.5 Å². The lowest BCUT2D eigenvalue weighted by Gasteiger charge is -2.30. The molecule has 0 spiro atoms. The van der Waals surface area contributed by atoms with Crippen molar-refractivity contribution in [2.24, 2.45) is 5.92 Å². The van der Waals surface area contributed by atoms with Crippen molar-refractivity contribution in [1.29, 1.82) is 0 Å². The molecule has 2 aromatic carbocycles. The van der Waals surface area contributed by atoms with Crippen LogP contribution >= 0.6 is 15.9 Å². The van der Waals surface area contributed by atoms with E-state index in [1.54, 1.807) is 0 Å². The molecule has 1 saturated heterocycles. The quantitative estimate of drug-likeness (QED) is 0.354. The molecule has 2 heterocycles. The Balaban J connectivity index is 1.16. The molecule has 7 nitrogen and oxygen atoms in total. The Hall–Kier alpha value is -2.71. The average molecular weight is 541 g/mol. The van der Waals surface area contributed by atoms with E-state index in [1.807, 2.05) is 50.2 Å². The molecule has 186 valence electrons. The van der Waals surface area contributed by atoms with E-state index < -0.39 is 0 Å². The molecule has 0 saturated carbocycles. The number of carbonyl (C=O) groups is 1. The van der Waals surface area contributed by atoms with Crippen LogP contribution in [0.5, 0.6) is 5.75 Å². The van der Waals surface area contributed by atoms with Crippen molar-refractivity contribution in [2.45, 2.75) is 52.2 Å². The van der Waals surface area contributed by atoms with Gasteiger partial charge >= 0.3 is 0 Å². The number of halogens is 1. The number of nitrogens with zero attached hydrogens (tertiary/aromatic N) is 3. The van der Waals surface area contributed by atoms with E-state index in [4.69, 9.17) is 9.26 Å². The van der Waals surface area contributed by atoms with Gasteiger partial charge in [0.1, 0.15) is 5.75 Å². The number of carbonyl (C=O) groups excluding carboxylic acids is 1. The van der Waals surface area contributed by atoms with Crippen LogP contribution in [0.1, 0.15) is 44.6 Å². The number of hydrogen-bond donors (Lipinski definition) is 1. The van der Waals surface area contributed by atoms with Gasteiger partial charge in [-0.2, -0.15) is 4.98 Å². The molecule has 8 heteroatoms. The predicted octanol–water partition coefficient (Wildman–Crippen LogP) is 5.25. The van der Waals surface area contributed by atoms with Crippen LogP contribution in [0, 0.1) is 5.92 Å². The second kappa shape index (κ2) is 12.3. The van der Waals surface area contributed by atoms with E-state index in [9.17, 15) is 4.79 Å². The Labute approximate surface area is 215 Å². The van der Waals surface area contributed by atoms with Crippen molar-refractivity contribution < 1.29 is 14.1 Å². The molecule has 0 bridgehead atoms. The first-order valence-electron chi connectivity index (χ1n) is 12.3. The van der Waals surface area contributed by atoms with Gasteiger partial charge in [-0.05, 0) is 82.4 Å². The second-order valence-electron chi connectivity index (χ2n) is 9.28. The van der Waals surface area contributed by atoms with Gasteiger partial charge in [-0.15, -0.1) is 0 Å². The first kappa shape index (κ1) is 25.4. The number of ether oxygens (including phenoxy) is 1. The third-order valence-corrected chi connectivity index (χ3v) is 6.57. The summed E-state index contributed by atoms with van der Waals surface area (Å²) in [5, 5.41) is 7.24. The number of aromatic nitrogens is 2. The van der Waals surface area contributed by atoms with Crippen molar-refractivity contribution in [1.82, 2.24) is 20.4 Å². The SMILES string of the molecule is CC(C)Oc1cccc(CCCNC(=O)C2CCN(Cc3nc(-c4cccc(Br)c4)no3)CC2)c1. The van der Waals surface area contributed by atoms with Crippen molar-refractivity contribution in [2.75, 3.05) is 19.6 Å². The molecule has 1 aliphatic rings. The average Bonchev–Trinajstić information content (AvgIpc) is 3.30. The van der Waals surface area contributed by atoms with Gasteiger partial charge in [0.25, 0.3) is 0 Å². The van der Waals surface area contributed by atoms with E-state index in [0.717, 1.165) is 54.6 Å². The Morgan fingerprint density at radius 3 is 2.77 bits per heavy atom. The van der Waals surface area contributed by atoms with Crippen molar-refractivity contribution in [3.05, 3.63) is 64.5 Å². The second-order valence-corrected chi connectivity index (χ2v) is 10.2. The molecule has 3 aromatic rings. The van der Waals surface area contributed by atoms with E-state index in [1.165, 1.54) is 5.56 Å². The summed E-state index contributed by atoms with van der Waals surface area (Å²) in [6.07, 6.45) is 3.67. The molecule has 0 atom stereocenters. The van der Waals surface area contributed by atoms with Gasteiger partial charge < -0.3 is 14.6 Å². The molecule has 1 aromatic heterocycles. The van der Waals surface area contributed by atoms with E-state index in [2.05, 4.69) is 48.4 Å². The van der Waals surface area contributed by atoms with Gasteiger partial charge in [0.2, 0.25) is 17.6 Å². The minimum atomic E-state index is 0.0638. The summed E-state index contributed by atoms with van der Waals surface area (Å²) in [7, 11) is 0. The molecule has 35 heavy (non-hydrogen) atoms. The van der Waals surface area contributed by atoms with Gasteiger partial charge in [0.15, 0.2) is 0 Å². The zero-order valence-corrected chi connectivity index (χ0v) is 22.0. The molecular formula is C27H33BrN4O3. The summed E-state index contributed by atoms with van der Waals surface area (Å²) in [5.74, 6) is 2.32. The minimum Gasteiger partial charge on any atom is -0.491 e. The molecule has 0 radical (unpaired) electrons. The fraction of sp³-hybridized carbons (Fsp3) is 0.444. The summed E-state index contributed by atoms with van der Waals surface area (Å²) in [6, 6.07) is 16.0. The van der Waals surface area contributed by atoms with Gasteiger partial charge in [0, 0.05) is 22.5 Å². The van der Waals surface area contributed by atoms with Crippen LogP contribution in [0.3, 0.4) is 0 Å². The maximum atomic E-state index is 12.6. The number of piperidine rings is 1. The number of amides is 1. The largest absolute Gasteiger partial charge is 0.491 e. The van der Waals surface area contributed by atoms with E-state index in [-0.39, 0.29) is 17.9 Å². The molecule has 1 fully saturated rings. The van der Waals surface area contributed by atoms with Crippen molar-refractivity contribution in [3.63, 3.8) is 0 Å². The van der Waals surface area contributed by atoms with Crippen LogP contribution in [0.2, 0.25) is 0 Å². The van der Waals surface area contributed by atoms with Gasteiger partial charge in [-0.1, -0.05) is 45.4 Å². The van der Waals surface area contributed by atoms with Crippen LogP contribution in [0.4, 0.5) is 0 Å². The van der Waals surface area contributed by atoms with Gasteiger partial charge in [-0.25, -0.2) is 0 Å². The smallest absolute Gasteiger partial charge is 0.241 e. The molecule has 4 rings (SSSR count). The predicted molar refractivity (Wildman–Crippen MR) is 139 cm³/mol. The third kappa shape index (κ3) is 7.64. The third-order valence-electron chi connectivity index (χ3n) is 6.08. The summed E-state index contributed by atoms with van der Waals surface area (Å²) >= 11 is 3.47. The Bertz CT molecular complexity index is 1110. The lowest BCUT2D eigenvalue weighted by Crippen LogP contribution is -2.40. The fourth-order valence-corrected chi connectivity index (χ4v) is 4.70. The van der Waals surface area contributed by atoms with Crippen LogP contribution in [0.25, 0.3) is 11.4 Å². The van der Waals surface area contributed by atoms with E-state index >= 15 is 0 Å². The molecule has 0 unspecified atom stereocenters. The van der Waals surface area contributed by atoms with Crippen LogP contribution < -0.4 is 10.1 Å². The summed E-state index contributed by atoms with van der Waals surface area (Å²) in [4.78, 5) is 19.5. The van der Waals surface area contributed by atoms with Gasteiger partial charge in [0.05, 0.1) is 12.6 Å². The zero-order chi connectivity index (χ0) is 24.6. The number of hydrogen-bond acceptors (Lipinski definition) is 6. The Kier molecular flexibility index (Phi) is 8.93. The highest BCUT2D eigenvalue weighted by Crippen LogP contribution is 2.23. The molecule has 1 N–H and O–H groups in total. The maximum absolute atomic E-state index is 12.6. The highest BCUT2D eigenvalue weighted by atomic mass is 79.9. The number of rotatable bonds is 10. The molecule has 1 amide bonds. The highest BCUT2D eigenvalue weighted by Gasteiger charge is 2.25. The topological polar surface area (TPSA) is 80.5 Å². The molecular weight excluding hydrogens is 508 g/mol. The number of likely N-dealkylation sites (tertiary alicyclic amines) is 1. The lowest BCUT2D eigenvalue weighted by molar-refractivity contribution is -0.126. The maximum Gasteiger partial charge on any atom is 0.241 e. The van der Waals surface area contributed by atoms with E-state index in [0.29, 0.717) is 24.8 Å². The fourth-order valence-electron chi connectivity index (χ4n) is 4.30.